The molecule has 2 rings (SSSR count). The highest BCUT2D eigenvalue weighted by atomic mass is 32.2. The van der Waals surface area contributed by atoms with Crippen molar-refractivity contribution in [2.75, 3.05) is 5.75 Å². The molecule has 0 saturated carbocycles. The van der Waals surface area contributed by atoms with Crippen molar-refractivity contribution in [3.63, 3.8) is 0 Å². The van der Waals surface area contributed by atoms with Gasteiger partial charge in [0.1, 0.15) is 0 Å². The highest BCUT2D eigenvalue weighted by molar-refractivity contribution is 8.02. The molecule has 4 heteroatoms. The molecule has 0 radical (unpaired) electrons. The number of hydrogen-bond acceptors (Lipinski definition) is 1. The van der Waals surface area contributed by atoms with E-state index in [0.29, 0.717) is 5.92 Å². The van der Waals surface area contributed by atoms with Gasteiger partial charge in [-0.05, 0) is 35.4 Å². The molecule has 0 saturated heterocycles. The lowest BCUT2D eigenvalue weighted by molar-refractivity contribution is -0.137. The molecule has 86 valence electrons. The molecule has 0 N–H and O–H groups in total. The summed E-state index contributed by atoms with van der Waals surface area (Å²) < 4.78 is 36.9. The van der Waals surface area contributed by atoms with E-state index < -0.39 is 11.7 Å². The summed E-state index contributed by atoms with van der Waals surface area (Å²) >= 11 is 1.75. The van der Waals surface area contributed by atoms with Crippen LogP contribution in [0.25, 0.3) is 0 Å². The summed E-state index contributed by atoms with van der Waals surface area (Å²) in [7, 11) is 0. The summed E-state index contributed by atoms with van der Waals surface area (Å²) in [5.74, 6) is 1.49. The predicted octanol–water partition coefficient (Wildman–Crippen LogP) is 4.12. The Morgan fingerprint density at radius 2 is 1.88 bits per heavy atom. The van der Waals surface area contributed by atoms with Crippen molar-refractivity contribution in [2.24, 2.45) is 5.92 Å². The van der Waals surface area contributed by atoms with Gasteiger partial charge in [-0.25, -0.2) is 0 Å². The Morgan fingerprint density at radius 3 is 2.38 bits per heavy atom. The molecular formula is C12H11F3S. The Labute approximate surface area is 96.5 Å². The minimum absolute atomic E-state index is 0.460. The van der Waals surface area contributed by atoms with Gasteiger partial charge in [0.05, 0.1) is 5.56 Å². The summed E-state index contributed by atoms with van der Waals surface area (Å²) in [6.45, 7) is 0. The van der Waals surface area contributed by atoms with Crippen LogP contribution in [0.5, 0.6) is 0 Å². The molecular weight excluding hydrogens is 233 g/mol. The van der Waals surface area contributed by atoms with Crippen LogP contribution in [0.1, 0.15) is 11.1 Å². The van der Waals surface area contributed by atoms with Gasteiger partial charge in [0.2, 0.25) is 0 Å². The predicted molar refractivity (Wildman–Crippen MR) is 60.2 cm³/mol. The molecule has 0 spiro atoms. The molecule has 1 atom stereocenters. The normalized spacial score (nSPS) is 20.3. The van der Waals surface area contributed by atoms with Gasteiger partial charge in [0, 0.05) is 5.75 Å². The second-order valence-corrected chi connectivity index (χ2v) is 4.76. The van der Waals surface area contributed by atoms with Crippen LogP contribution in [0.4, 0.5) is 13.2 Å². The molecule has 0 amide bonds. The van der Waals surface area contributed by atoms with Crippen molar-refractivity contribution in [1.82, 2.24) is 0 Å². The number of halogens is 3. The number of benzene rings is 1. The number of thioether (sulfide) groups is 1. The molecule has 1 aromatic carbocycles. The molecule has 1 aliphatic rings. The quantitative estimate of drug-likeness (QED) is 0.754. The maximum atomic E-state index is 12.3. The van der Waals surface area contributed by atoms with E-state index in [0.717, 1.165) is 29.9 Å². The Balaban J connectivity index is 2.04. The van der Waals surface area contributed by atoms with Crippen LogP contribution in [0.15, 0.2) is 35.7 Å². The number of hydrogen-bond donors (Lipinski definition) is 0. The molecule has 0 aliphatic carbocycles. The van der Waals surface area contributed by atoms with E-state index in [4.69, 9.17) is 0 Å². The van der Waals surface area contributed by atoms with E-state index in [-0.39, 0.29) is 0 Å². The van der Waals surface area contributed by atoms with Crippen molar-refractivity contribution in [1.29, 1.82) is 0 Å². The minimum atomic E-state index is -4.23. The van der Waals surface area contributed by atoms with Crippen LogP contribution in [0, 0.1) is 5.92 Å². The van der Waals surface area contributed by atoms with Gasteiger partial charge in [0.15, 0.2) is 0 Å². The van der Waals surface area contributed by atoms with Crippen molar-refractivity contribution >= 4 is 11.8 Å². The average molecular weight is 244 g/mol. The zero-order valence-corrected chi connectivity index (χ0v) is 9.31. The van der Waals surface area contributed by atoms with E-state index in [1.165, 1.54) is 0 Å². The standard InChI is InChI=1S/C12H11F3S/c13-12(14,15)11-3-1-9(2-4-11)7-10-5-6-16-8-10/h1-6,10H,7-8H2. The molecule has 1 aromatic rings. The van der Waals surface area contributed by atoms with Gasteiger partial charge in [0.25, 0.3) is 0 Å². The summed E-state index contributed by atoms with van der Waals surface area (Å²) in [6, 6.07) is 5.45. The first-order chi connectivity index (χ1) is 7.55. The maximum absolute atomic E-state index is 12.3. The number of rotatable bonds is 2. The third kappa shape index (κ3) is 2.82. The maximum Gasteiger partial charge on any atom is 0.416 e. The smallest absolute Gasteiger partial charge is 0.166 e. The Hall–Kier alpha value is -0.900. The van der Waals surface area contributed by atoms with Crippen LogP contribution in [0.3, 0.4) is 0 Å². The van der Waals surface area contributed by atoms with Gasteiger partial charge in [-0.15, -0.1) is 11.8 Å². The zero-order chi connectivity index (χ0) is 11.6. The lowest BCUT2D eigenvalue weighted by Crippen LogP contribution is -2.05. The first kappa shape index (κ1) is 11.6. The third-order valence-electron chi connectivity index (χ3n) is 2.54. The van der Waals surface area contributed by atoms with Crippen LogP contribution >= 0.6 is 11.8 Å². The molecule has 0 bridgehead atoms. The van der Waals surface area contributed by atoms with Crippen molar-refractivity contribution in [3.05, 3.63) is 46.9 Å². The topological polar surface area (TPSA) is 0 Å². The highest BCUT2D eigenvalue weighted by Gasteiger charge is 2.29. The SMILES string of the molecule is FC(F)(F)c1ccc(CC2C=CSC2)cc1. The first-order valence-electron chi connectivity index (χ1n) is 5.00. The van der Waals surface area contributed by atoms with E-state index in [1.807, 2.05) is 0 Å². The van der Waals surface area contributed by atoms with Crippen LogP contribution < -0.4 is 0 Å². The van der Waals surface area contributed by atoms with Gasteiger partial charge in [-0.1, -0.05) is 18.2 Å². The molecule has 0 aromatic heterocycles. The lowest BCUT2D eigenvalue weighted by atomic mass is 10.0. The van der Waals surface area contributed by atoms with Crippen LogP contribution in [0.2, 0.25) is 0 Å². The lowest BCUT2D eigenvalue weighted by Gasteiger charge is -2.09. The second-order valence-electron chi connectivity index (χ2n) is 3.82. The number of allylic oxidation sites excluding steroid dienone is 1. The monoisotopic (exact) mass is 244 g/mol. The number of alkyl halides is 3. The molecule has 0 fully saturated rings. The zero-order valence-electron chi connectivity index (χ0n) is 8.50. The summed E-state index contributed by atoms with van der Waals surface area (Å²) in [6.07, 6.45) is -1.30. The van der Waals surface area contributed by atoms with Crippen molar-refractivity contribution in [2.45, 2.75) is 12.6 Å². The Kier molecular flexibility index (Phi) is 3.28. The van der Waals surface area contributed by atoms with E-state index >= 15 is 0 Å². The fourth-order valence-electron chi connectivity index (χ4n) is 1.66. The highest BCUT2D eigenvalue weighted by Crippen LogP contribution is 2.30. The van der Waals surface area contributed by atoms with Gasteiger partial charge < -0.3 is 0 Å². The second kappa shape index (κ2) is 4.53. The van der Waals surface area contributed by atoms with Gasteiger partial charge in [-0.2, -0.15) is 13.2 Å². The molecule has 1 aliphatic heterocycles. The van der Waals surface area contributed by atoms with Crippen molar-refractivity contribution in [3.8, 4) is 0 Å². The summed E-state index contributed by atoms with van der Waals surface area (Å²) in [4.78, 5) is 0. The van der Waals surface area contributed by atoms with E-state index in [9.17, 15) is 13.2 Å². The average Bonchev–Trinajstić information content (AvgIpc) is 2.70. The summed E-state index contributed by atoms with van der Waals surface area (Å²) in [5, 5.41) is 2.05. The molecule has 1 unspecified atom stereocenters. The van der Waals surface area contributed by atoms with Crippen LogP contribution in [-0.4, -0.2) is 5.75 Å². The van der Waals surface area contributed by atoms with Gasteiger partial charge in [-0.3, -0.25) is 0 Å². The molecule has 0 nitrogen and oxygen atoms in total. The Morgan fingerprint density at radius 1 is 1.19 bits per heavy atom. The largest absolute Gasteiger partial charge is 0.416 e. The van der Waals surface area contributed by atoms with E-state index in [2.05, 4.69) is 11.5 Å². The van der Waals surface area contributed by atoms with E-state index in [1.54, 1.807) is 23.9 Å². The fraction of sp³-hybridized carbons (Fsp3) is 0.333. The molecule has 1 heterocycles. The molecule has 16 heavy (non-hydrogen) atoms. The Bertz CT molecular complexity index is 378. The third-order valence-corrected chi connectivity index (χ3v) is 3.51. The first-order valence-corrected chi connectivity index (χ1v) is 6.05. The van der Waals surface area contributed by atoms with Crippen molar-refractivity contribution < 1.29 is 13.2 Å². The fourth-order valence-corrected chi connectivity index (χ4v) is 2.58. The van der Waals surface area contributed by atoms with Gasteiger partial charge >= 0.3 is 6.18 Å². The summed E-state index contributed by atoms with van der Waals surface area (Å²) in [5.41, 5.74) is 0.387. The van der Waals surface area contributed by atoms with Crippen LogP contribution in [-0.2, 0) is 12.6 Å². The minimum Gasteiger partial charge on any atom is -0.166 e.